The summed E-state index contributed by atoms with van der Waals surface area (Å²) < 4.78 is 0. The third-order valence-electron chi connectivity index (χ3n) is 7.23. The lowest BCUT2D eigenvalue weighted by Crippen LogP contribution is -2.55. The molecular weight excluding hydrogens is 348 g/mol. The fourth-order valence-corrected chi connectivity index (χ4v) is 5.54. The van der Waals surface area contributed by atoms with Crippen LogP contribution in [0.15, 0.2) is 12.3 Å². The summed E-state index contributed by atoms with van der Waals surface area (Å²) in [5, 5.41) is 0. The van der Waals surface area contributed by atoms with E-state index in [-0.39, 0.29) is 11.8 Å². The zero-order valence-corrected chi connectivity index (χ0v) is 18.0. The number of likely N-dealkylation sites (tertiary alicyclic amines) is 1. The summed E-state index contributed by atoms with van der Waals surface area (Å²) in [7, 11) is 0. The summed E-state index contributed by atoms with van der Waals surface area (Å²) in [6, 6.07) is 3.90. The molecule has 2 saturated heterocycles. The van der Waals surface area contributed by atoms with Crippen molar-refractivity contribution in [3.05, 3.63) is 18.1 Å². The maximum absolute atomic E-state index is 12.3. The van der Waals surface area contributed by atoms with E-state index in [1.807, 2.05) is 20.0 Å². The monoisotopic (exact) mass is 384 g/mol. The second-order valence-corrected chi connectivity index (χ2v) is 9.72. The van der Waals surface area contributed by atoms with Crippen LogP contribution in [-0.4, -0.2) is 51.9 Å². The van der Waals surface area contributed by atoms with Crippen LogP contribution in [0.1, 0.15) is 78.0 Å². The molecule has 4 rings (SSSR count). The molecule has 0 aromatic carbocycles. The van der Waals surface area contributed by atoms with Crippen LogP contribution in [-0.2, 0) is 4.79 Å². The van der Waals surface area contributed by atoms with Gasteiger partial charge in [0.2, 0.25) is 0 Å². The molecule has 2 atom stereocenters. The van der Waals surface area contributed by atoms with Crippen molar-refractivity contribution >= 4 is 11.6 Å². The Kier molecular flexibility index (Phi) is 5.73. The smallest absolute Gasteiger partial charge is 0.138 e. The van der Waals surface area contributed by atoms with Crippen LogP contribution in [0.2, 0.25) is 0 Å². The highest BCUT2D eigenvalue weighted by atomic mass is 16.1. The number of nitrogens with zero attached hydrogens (tertiary/aromatic N) is 4. The van der Waals surface area contributed by atoms with E-state index in [2.05, 4.69) is 34.7 Å². The van der Waals surface area contributed by atoms with Gasteiger partial charge in [0.05, 0.1) is 0 Å². The molecule has 5 nitrogen and oxygen atoms in total. The van der Waals surface area contributed by atoms with Crippen LogP contribution in [0, 0.1) is 11.8 Å². The maximum Gasteiger partial charge on any atom is 0.138 e. The molecule has 1 saturated carbocycles. The zero-order chi connectivity index (χ0) is 19.8. The average molecular weight is 385 g/mol. The number of carbonyl (C=O) groups excluding carboxylic acids is 1. The van der Waals surface area contributed by atoms with Gasteiger partial charge >= 0.3 is 0 Å². The van der Waals surface area contributed by atoms with Crippen molar-refractivity contribution in [2.45, 2.75) is 90.3 Å². The van der Waals surface area contributed by atoms with Gasteiger partial charge in [-0.2, -0.15) is 0 Å². The minimum Gasteiger partial charge on any atom is -0.348 e. The van der Waals surface area contributed by atoms with Crippen molar-refractivity contribution in [3.8, 4) is 0 Å². The molecule has 0 spiro atoms. The van der Waals surface area contributed by atoms with Gasteiger partial charge in [0, 0.05) is 55.2 Å². The number of fused-ring (bicyclic) bond motifs is 2. The predicted molar refractivity (Wildman–Crippen MR) is 113 cm³/mol. The van der Waals surface area contributed by atoms with Crippen LogP contribution in [0.5, 0.6) is 0 Å². The minimum absolute atomic E-state index is 0.154. The Morgan fingerprint density at radius 2 is 1.64 bits per heavy atom. The van der Waals surface area contributed by atoms with Gasteiger partial charge in [0.25, 0.3) is 0 Å². The molecule has 2 unspecified atom stereocenters. The number of rotatable bonds is 5. The fraction of sp³-hybridized carbons (Fsp3) is 0.783. The zero-order valence-electron chi connectivity index (χ0n) is 18.0. The van der Waals surface area contributed by atoms with Crippen LogP contribution < -0.4 is 4.90 Å². The summed E-state index contributed by atoms with van der Waals surface area (Å²) in [5.41, 5.74) is 0. The van der Waals surface area contributed by atoms with Crippen LogP contribution in [0.3, 0.4) is 0 Å². The lowest BCUT2D eigenvalue weighted by Gasteiger charge is -2.43. The van der Waals surface area contributed by atoms with Gasteiger partial charge in [-0.1, -0.05) is 13.8 Å². The van der Waals surface area contributed by atoms with E-state index < -0.39 is 0 Å². The molecule has 2 aliphatic heterocycles. The molecule has 1 aromatic rings. The van der Waals surface area contributed by atoms with E-state index in [0.29, 0.717) is 29.8 Å². The number of piperazine rings is 1. The van der Waals surface area contributed by atoms with Gasteiger partial charge in [-0.25, -0.2) is 9.97 Å². The van der Waals surface area contributed by atoms with E-state index in [1.165, 1.54) is 12.8 Å². The third-order valence-corrected chi connectivity index (χ3v) is 7.23. The van der Waals surface area contributed by atoms with E-state index in [9.17, 15) is 4.79 Å². The molecule has 0 N–H and O–H groups in total. The highest BCUT2D eigenvalue weighted by Crippen LogP contribution is 2.38. The normalized spacial score (nSPS) is 31.0. The molecule has 5 heteroatoms. The Balaban J connectivity index is 1.44. The Hall–Kier alpha value is -1.49. The number of hydrogen-bond donors (Lipinski definition) is 0. The van der Waals surface area contributed by atoms with E-state index >= 15 is 0 Å². The van der Waals surface area contributed by atoms with Crippen molar-refractivity contribution in [3.63, 3.8) is 0 Å². The standard InChI is InChI=1S/C23H36N4O/c1-15(2)22(28)17-5-7-18(8-6-17)23-24-12-11-21(25-23)27-19-9-10-20(27)14-26(13-19)16(3)4/h11-12,15-20H,5-10,13-14H2,1-4H3/t17-,18+,19?,20?. The van der Waals surface area contributed by atoms with E-state index in [1.54, 1.807) is 0 Å². The molecule has 0 radical (unpaired) electrons. The fourth-order valence-electron chi connectivity index (χ4n) is 5.54. The molecule has 28 heavy (non-hydrogen) atoms. The molecule has 0 amide bonds. The number of ketones is 1. The van der Waals surface area contributed by atoms with E-state index in [4.69, 9.17) is 4.98 Å². The lowest BCUT2D eigenvalue weighted by molar-refractivity contribution is -0.126. The summed E-state index contributed by atoms with van der Waals surface area (Å²) in [6.45, 7) is 10.9. The van der Waals surface area contributed by atoms with Crippen LogP contribution in [0.25, 0.3) is 0 Å². The number of carbonyl (C=O) groups is 1. The van der Waals surface area contributed by atoms with Crippen molar-refractivity contribution < 1.29 is 4.79 Å². The second kappa shape index (κ2) is 8.10. The summed E-state index contributed by atoms with van der Waals surface area (Å²) >= 11 is 0. The van der Waals surface area contributed by atoms with Crippen molar-refractivity contribution in [2.75, 3.05) is 18.0 Å². The van der Waals surface area contributed by atoms with Gasteiger partial charge in [-0.15, -0.1) is 0 Å². The second-order valence-electron chi connectivity index (χ2n) is 9.72. The van der Waals surface area contributed by atoms with Gasteiger partial charge in [0.15, 0.2) is 0 Å². The van der Waals surface area contributed by atoms with Crippen LogP contribution in [0.4, 0.5) is 5.82 Å². The Morgan fingerprint density at radius 3 is 2.21 bits per heavy atom. The van der Waals surface area contributed by atoms with Crippen molar-refractivity contribution in [1.82, 2.24) is 14.9 Å². The first-order chi connectivity index (χ1) is 13.4. The third kappa shape index (κ3) is 3.83. The molecular formula is C23H36N4O. The number of hydrogen-bond acceptors (Lipinski definition) is 5. The first kappa shape index (κ1) is 19.8. The Bertz CT molecular complexity index is 682. The predicted octanol–water partition coefficient (Wildman–Crippen LogP) is 4.04. The van der Waals surface area contributed by atoms with Crippen molar-refractivity contribution in [1.29, 1.82) is 0 Å². The maximum atomic E-state index is 12.3. The Morgan fingerprint density at radius 1 is 1.00 bits per heavy atom. The molecule has 1 aromatic heterocycles. The van der Waals surface area contributed by atoms with Crippen LogP contribution >= 0.6 is 0 Å². The lowest BCUT2D eigenvalue weighted by atomic mass is 9.77. The average Bonchev–Trinajstić information content (AvgIpc) is 2.96. The topological polar surface area (TPSA) is 49.3 Å². The molecule has 1 aliphatic carbocycles. The highest BCUT2D eigenvalue weighted by molar-refractivity contribution is 5.82. The van der Waals surface area contributed by atoms with E-state index in [0.717, 1.165) is 50.4 Å². The molecule has 3 fully saturated rings. The van der Waals surface area contributed by atoms with Gasteiger partial charge in [-0.3, -0.25) is 9.69 Å². The first-order valence-corrected chi connectivity index (χ1v) is 11.3. The van der Waals surface area contributed by atoms with Gasteiger partial charge in [-0.05, 0) is 58.4 Å². The number of anilines is 1. The minimum atomic E-state index is 0.154. The summed E-state index contributed by atoms with van der Waals surface area (Å²) in [4.78, 5) is 27.2. The number of aromatic nitrogens is 2. The highest BCUT2D eigenvalue weighted by Gasteiger charge is 2.41. The Labute approximate surface area is 169 Å². The SMILES string of the molecule is CC(C)C(=O)[C@H]1CC[C@@H](c2nccc(N3C4CCC3CN(C(C)C)C4)n2)CC1. The van der Waals surface area contributed by atoms with Gasteiger partial charge < -0.3 is 4.90 Å². The molecule has 3 heterocycles. The summed E-state index contributed by atoms with van der Waals surface area (Å²) in [6.07, 6.45) is 8.57. The quantitative estimate of drug-likeness (QED) is 0.767. The van der Waals surface area contributed by atoms with Gasteiger partial charge in [0.1, 0.15) is 17.4 Å². The number of Topliss-reactive ketones (excluding diaryl/α,β-unsaturated/α-hetero) is 1. The molecule has 154 valence electrons. The molecule has 2 bridgehead atoms. The molecule has 3 aliphatic rings. The first-order valence-electron chi connectivity index (χ1n) is 11.3. The largest absolute Gasteiger partial charge is 0.348 e. The summed E-state index contributed by atoms with van der Waals surface area (Å²) in [5.74, 6) is 3.37. The van der Waals surface area contributed by atoms with Crippen molar-refractivity contribution in [2.24, 2.45) is 11.8 Å².